The van der Waals surface area contributed by atoms with E-state index >= 15 is 0 Å². The smallest absolute Gasteiger partial charge is 0.0675 e. The summed E-state index contributed by atoms with van der Waals surface area (Å²) in [6.45, 7) is 2.29. The molecule has 1 nitrogen and oxygen atoms in total. The van der Waals surface area contributed by atoms with Crippen LogP contribution in [0.2, 0.25) is 0 Å². The van der Waals surface area contributed by atoms with Crippen molar-refractivity contribution in [3.63, 3.8) is 0 Å². The van der Waals surface area contributed by atoms with Gasteiger partial charge in [-0.25, -0.2) is 0 Å². The van der Waals surface area contributed by atoms with Crippen LogP contribution in [-0.2, 0) is 0 Å². The van der Waals surface area contributed by atoms with Gasteiger partial charge >= 0.3 is 0 Å². The fraction of sp³-hybridized carbons (Fsp3) is 1.00. The molecule has 0 aliphatic heterocycles. The van der Waals surface area contributed by atoms with Gasteiger partial charge in [0.1, 0.15) is 0 Å². The van der Waals surface area contributed by atoms with Crippen molar-refractivity contribution in [1.29, 1.82) is 0 Å². The second-order valence-corrected chi connectivity index (χ2v) is 5.44. The normalized spacial score (nSPS) is 40.3. The topological polar surface area (TPSA) is 20.2 Å². The minimum atomic E-state index is -0.262. The molecule has 2 unspecified atom stereocenters. The lowest BCUT2D eigenvalue weighted by atomic mass is 9.69. The molecule has 0 heterocycles. The second-order valence-electron chi connectivity index (χ2n) is 5.44. The molecular weight excluding hydrogens is 172 g/mol. The van der Waals surface area contributed by atoms with E-state index in [1.807, 2.05) is 0 Å². The lowest BCUT2D eigenvalue weighted by Gasteiger charge is -2.41. The quantitative estimate of drug-likeness (QED) is 0.670. The largest absolute Gasteiger partial charge is 0.390 e. The maximum absolute atomic E-state index is 10.6. The Kier molecular flexibility index (Phi) is 3.16. The molecular formula is C13H24O. The summed E-state index contributed by atoms with van der Waals surface area (Å²) in [5.74, 6) is 1.54. The molecule has 2 rings (SSSR count). The molecule has 82 valence electrons. The Bertz CT molecular complexity index is 186. The van der Waals surface area contributed by atoms with E-state index in [4.69, 9.17) is 0 Å². The highest BCUT2D eigenvalue weighted by atomic mass is 16.3. The maximum Gasteiger partial charge on any atom is 0.0675 e. The summed E-state index contributed by atoms with van der Waals surface area (Å²) in [4.78, 5) is 0. The van der Waals surface area contributed by atoms with Crippen LogP contribution in [0.15, 0.2) is 0 Å². The first-order valence-corrected chi connectivity index (χ1v) is 6.47. The Morgan fingerprint density at radius 2 is 1.86 bits per heavy atom. The average molecular weight is 196 g/mol. The van der Waals surface area contributed by atoms with E-state index < -0.39 is 0 Å². The first-order valence-electron chi connectivity index (χ1n) is 6.47. The van der Waals surface area contributed by atoms with Gasteiger partial charge in [-0.3, -0.25) is 0 Å². The zero-order valence-corrected chi connectivity index (χ0v) is 9.47. The van der Waals surface area contributed by atoms with Crippen LogP contribution < -0.4 is 0 Å². The zero-order valence-electron chi connectivity index (χ0n) is 9.47. The molecule has 2 atom stereocenters. The SMILES string of the molecule is CCC1CCCC(O)(C2CCC2)CC1. The molecule has 2 aliphatic carbocycles. The van der Waals surface area contributed by atoms with Gasteiger partial charge in [-0.2, -0.15) is 0 Å². The van der Waals surface area contributed by atoms with Crippen molar-refractivity contribution in [1.82, 2.24) is 0 Å². The predicted octanol–water partition coefficient (Wildman–Crippen LogP) is 3.51. The molecule has 0 bridgehead atoms. The lowest BCUT2D eigenvalue weighted by molar-refractivity contribution is -0.0623. The third-order valence-corrected chi connectivity index (χ3v) is 4.65. The molecule has 0 saturated heterocycles. The van der Waals surface area contributed by atoms with E-state index in [1.54, 1.807) is 0 Å². The summed E-state index contributed by atoms with van der Waals surface area (Å²) in [7, 11) is 0. The van der Waals surface area contributed by atoms with Crippen molar-refractivity contribution in [2.24, 2.45) is 11.8 Å². The van der Waals surface area contributed by atoms with E-state index in [1.165, 1.54) is 44.9 Å². The monoisotopic (exact) mass is 196 g/mol. The van der Waals surface area contributed by atoms with E-state index in [2.05, 4.69) is 6.92 Å². The third-order valence-electron chi connectivity index (χ3n) is 4.65. The summed E-state index contributed by atoms with van der Waals surface area (Å²) in [5.41, 5.74) is -0.262. The zero-order chi connectivity index (χ0) is 10.0. The molecule has 2 saturated carbocycles. The Morgan fingerprint density at radius 3 is 2.43 bits per heavy atom. The Hall–Kier alpha value is -0.0400. The van der Waals surface area contributed by atoms with Crippen molar-refractivity contribution >= 4 is 0 Å². The number of aliphatic hydroxyl groups is 1. The molecule has 0 aromatic heterocycles. The summed E-state index contributed by atoms with van der Waals surface area (Å²) in [6, 6.07) is 0. The molecule has 0 aromatic rings. The van der Waals surface area contributed by atoms with Gasteiger partial charge in [0.15, 0.2) is 0 Å². The van der Waals surface area contributed by atoms with Crippen LogP contribution in [0, 0.1) is 11.8 Å². The Morgan fingerprint density at radius 1 is 1.07 bits per heavy atom. The number of hydrogen-bond donors (Lipinski definition) is 1. The summed E-state index contributed by atoms with van der Waals surface area (Å²) in [6.07, 6.45) is 11.3. The van der Waals surface area contributed by atoms with E-state index in [0.717, 1.165) is 18.8 Å². The highest BCUT2D eigenvalue weighted by molar-refractivity contribution is 4.93. The van der Waals surface area contributed by atoms with E-state index in [0.29, 0.717) is 5.92 Å². The van der Waals surface area contributed by atoms with E-state index in [9.17, 15) is 5.11 Å². The Balaban J connectivity index is 1.92. The van der Waals surface area contributed by atoms with Crippen molar-refractivity contribution in [3.05, 3.63) is 0 Å². The molecule has 2 fully saturated rings. The van der Waals surface area contributed by atoms with Crippen molar-refractivity contribution in [2.75, 3.05) is 0 Å². The molecule has 0 aromatic carbocycles. The molecule has 1 heteroatoms. The predicted molar refractivity (Wildman–Crippen MR) is 59.2 cm³/mol. The van der Waals surface area contributed by atoms with Gasteiger partial charge in [-0.05, 0) is 43.9 Å². The molecule has 14 heavy (non-hydrogen) atoms. The summed E-state index contributed by atoms with van der Waals surface area (Å²) >= 11 is 0. The van der Waals surface area contributed by atoms with Gasteiger partial charge in [0.2, 0.25) is 0 Å². The number of rotatable bonds is 2. The summed E-state index contributed by atoms with van der Waals surface area (Å²) < 4.78 is 0. The van der Waals surface area contributed by atoms with Crippen molar-refractivity contribution < 1.29 is 5.11 Å². The minimum Gasteiger partial charge on any atom is -0.390 e. The van der Waals surface area contributed by atoms with Crippen molar-refractivity contribution in [2.45, 2.75) is 70.3 Å². The number of hydrogen-bond acceptors (Lipinski definition) is 1. The van der Waals surface area contributed by atoms with Crippen LogP contribution in [0.4, 0.5) is 0 Å². The Labute approximate surface area is 87.9 Å². The fourth-order valence-electron chi connectivity index (χ4n) is 3.18. The first kappa shape index (κ1) is 10.5. The third kappa shape index (κ3) is 1.98. The lowest BCUT2D eigenvalue weighted by Crippen LogP contribution is -2.41. The fourth-order valence-corrected chi connectivity index (χ4v) is 3.18. The molecule has 1 N–H and O–H groups in total. The van der Waals surface area contributed by atoms with Gasteiger partial charge < -0.3 is 5.11 Å². The van der Waals surface area contributed by atoms with Crippen LogP contribution in [0.5, 0.6) is 0 Å². The van der Waals surface area contributed by atoms with Gasteiger partial charge in [0.25, 0.3) is 0 Å². The molecule has 0 spiro atoms. The van der Waals surface area contributed by atoms with Gasteiger partial charge in [-0.1, -0.05) is 32.6 Å². The van der Waals surface area contributed by atoms with Crippen LogP contribution in [-0.4, -0.2) is 10.7 Å². The van der Waals surface area contributed by atoms with Gasteiger partial charge in [0, 0.05) is 0 Å². The molecule has 2 aliphatic rings. The first-order chi connectivity index (χ1) is 6.74. The van der Waals surface area contributed by atoms with Crippen LogP contribution in [0.3, 0.4) is 0 Å². The minimum absolute atomic E-state index is 0.262. The molecule has 0 amide bonds. The van der Waals surface area contributed by atoms with Crippen LogP contribution in [0.25, 0.3) is 0 Å². The van der Waals surface area contributed by atoms with E-state index in [-0.39, 0.29) is 5.60 Å². The summed E-state index contributed by atoms with van der Waals surface area (Å²) in [5, 5.41) is 10.6. The van der Waals surface area contributed by atoms with Crippen molar-refractivity contribution in [3.8, 4) is 0 Å². The highest BCUT2D eigenvalue weighted by Crippen LogP contribution is 2.44. The van der Waals surface area contributed by atoms with Gasteiger partial charge in [-0.15, -0.1) is 0 Å². The highest BCUT2D eigenvalue weighted by Gasteiger charge is 2.40. The van der Waals surface area contributed by atoms with Crippen LogP contribution >= 0.6 is 0 Å². The second kappa shape index (κ2) is 4.22. The standard InChI is InChI=1S/C13H24O/c1-2-11-5-4-9-13(14,10-8-11)12-6-3-7-12/h11-12,14H,2-10H2,1H3. The van der Waals surface area contributed by atoms with Gasteiger partial charge in [0.05, 0.1) is 5.60 Å². The maximum atomic E-state index is 10.6. The average Bonchev–Trinajstić information content (AvgIpc) is 2.24. The van der Waals surface area contributed by atoms with Crippen LogP contribution in [0.1, 0.15) is 64.7 Å². The molecule has 0 radical (unpaired) electrons.